The molecule has 0 spiro atoms. The molecular formula is C21H18Cl2N4O2. The first-order valence-electron chi connectivity index (χ1n) is 9.40. The summed E-state index contributed by atoms with van der Waals surface area (Å²) in [5.74, 6) is -0.655. The van der Waals surface area contributed by atoms with Crippen molar-refractivity contribution < 1.29 is 9.21 Å². The fourth-order valence-electron chi connectivity index (χ4n) is 4.12. The highest BCUT2D eigenvalue weighted by Crippen LogP contribution is 2.41. The van der Waals surface area contributed by atoms with E-state index in [1.54, 1.807) is 22.9 Å². The van der Waals surface area contributed by atoms with Gasteiger partial charge in [0.2, 0.25) is 0 Å². The summed E-state index contributed by atoms with van der Waals surface area (Å²) in [5.41, 5.74) is 10.2. The lowest BCUT2D eigenvalue weighted by molar-refractivity contribution is 0.0996. The molecule has 148 valence electrons. The highest BCUT2D eigenvalue weighted by molar-refractivity contribution is 6.35. The number of primary amides is 1. The molecule has 3 heterocycles. The Bertz CT molecular complexity index is 1290. The van der Waals surface area contributed by atoms with Crippen molar-refractivity contribution in [3.05, 3.63) is 51.6 Å². The van der Waals surface area contributed by atoms with Gasteiger partial charge in [0.15, 0.2) is 16.9 Å². The average Bonchev–Trinajstić information content (AvgIpc) is 3.37. The minimum absolute atomic E-state index is 0.0761. The zero-order valence-electron chi connectivity index (χ0n) is 15.7. The summed E-state index contributed by atoms with van der Waals surface area (Å²) >= 11 is 12.5. The second-order valence-corrected chi connectivity index (χ2v) is 8.15. The smallest absolute Gasteiger partial charge is 0.273 e. The number of anilines is 1. The van der Waals surface area contributed by atoms with Gasteiger partial charge in [-0.2, -0.15) is 5.10 Å². The molecule has 0 unspecified atom stereocenters. The van der Waals surface area contributed by atoms with E-state index in [9.17, 15) is 4.79 Å². The quantitative estimate of drug-likeness (QED) is 0.493. The first-order valence-corrected chi connectivity index (χ1v) is 10.2. The lowest BCUT2D eigenvalue weighted by Crippen LogP contribution is -2.18. The highest BCUT2D eigenvalue weighted by Gasteiger charge is 2.27. The van der Waals surface area contributed by atoms with E-state index in [-0.39, 0.29) is 5.69 Å². The predicted molar refractivity (Wildman–Crippen MR) is 116 cm³/mol. The van der Waals surface area contributed by atoms with Gasteiger partial charge in [-0.3, -0.25) is 4.79 Å². The molecule has 1 aliphatic rings. The number of halogens is 2. The maximum absolute atomic E-state index is 12.1. The van der Waals surface area contributed by atoms with Crippen molar-refractivity contribution in [2.45, 2.75) is 19.8 Å². The molecule has 0 aliphatic carbocycles. The number of rotatable bonds is 3. The number of hydrogen-bond acceptors (Lipinski definition) is 4. The maximum Gasteiger partial charge on any atom is 0.273 e. The van der Waals surface area contributed by atoms with E-state index in [1.165, 1.54) is 0 Å². The van der Waals surface area contributed by atoms with Crippen LogP contribution in [0.5, 0.6) is 0 Å². The molecule has 0 saturated carbocycles. The predicted octanol–water partition coefficient (Wildman–Crippen LogP) is 5.09. The van der Waals surface area contributed by atoms with Crippen molar-refractivity contribution in [2.24, 2.45) is 5.73 Å². The fraction of sp³-hybridized carbons (Fsp3) is 0.238. The third-order valence-electron chi connectivity index (χ3n) is 5.43. The van der Waals surface area contributed by atoms with Gasteiger partial charge in [0.05, 0.1) is 16.4 Å². The van der Waals surface area contributed by atoms with Gasteiger partial charge < -0.3 is 15.1 Å². The van der Waals surface area contributed by atoms with Crippen molar-refractivity contribution in [1.29, 1.82) is 0 Å². The fourth-order valence-corrected chi connectivity index (χ4v) is 4.61. The Balaban J connectivity index is 1.87. The number of carbonyl (C=O) groups excluding carboxylic acids is 1. The number of fused-ring (bicyclic) bond motifs is 3. The van der Waals surface area contributed by atoms with E-state index < -0.39 is 5.91 Å². The average molecular weight is 429 g/mol. The van der Waals surface area contributed by atoms with Crippen LogP contribution < -0.4 is 10.6 Å². The van der Waals surface area contributed by atoms with Gasteiger partial charge in [-0.15, -0.1) is 0 Å². The van der Waals surface area contributed by atoms with E-state index in [0.717, 1.165) is 48.2 Å². The maximum atomic E-state index is 12.1. The molecule has 1 saturated heterocycles. The number of aromatic nitrogens is 2. The Morgan fingerprint density at radius 3 is 2.59 bits per heavy atom. The van der Waals surface area contributed by atoms with Crippen LogP contribution in [0.4, 0.5) is 5.69 Å². The van der Waals surface area contributed by atoms with Gasteiger partial charge in [0, 0.05) is 23.5 Å². The third-order valence-corrected chi connectivity index (χ3v) is 5.97. The Morgan fingerprint density at radius 2 is 1.90 bits per heavy atom. The number of furan rings is 1. The molecule has 2 aromatic heterocycles. The van der Waals surface area contributed by atoms with E-state index >= 15 is 0 Å². The number of nitrogens with two attached hydrogens (primary N) is 1. The summed E-state index contributed by atoms with van der Waals surface area (Å²) in [6.45, 7) is 4.03. The Hall–Kier alpha value is -2.70. The van der Waals surface area contributed by atoms with Gasteiger partial charge in [0.1, 0.15) is 5.52 Å². The second kappa shape index (κ2) is 6.68. The number of aryl methyl sites for hydroxylation is 1. The molecule has 5 rings (SSSR count). The number of benzene rings is 2. The summed E-state index contributed by atoms with van der Waals surface area (Å²) < 4.78 is 7.85. The summed E-state index contributed by atoms with van der Waals surface area (Å²) in [6.07, 6.45) is 2.30. The van der Waals surface area contributed by atoms with Crippen LogP contribution in [0.15, 0.2) is 34.7 Å². The Kier molecular flexibility index (Phi) is 4.22. The zero-order chi connectivity index (χ0) is 20.3. The summed E-state index contributed by atoms with van der Waals surface area (Å²) in [5, 5.41) is 6.21. The lowest BCUT2D eigenvalue weighted by atomic mass is 10.1. The molecule has 6 nitrogen and oxygen atoms in total. The Morgan fingerprint density at radius 1 is 1.14 bits per heavy atom. The molecule has 1 fully saturated rings. The van der Waals surface area contributed by atoms with Crippen LogP contribution in [0.3, 0.4) is 0 Å². The molecule has 2 N–H and O–H groups in total. The van der Waals surface area contributed by atoms with Gasteiger partial charge in [-0.1, -0.05) is 29.3 Å². The minimum atomic E-state index is -0.655. The van der Waals surface area contributed by atoms with Crippen LogP contribution >= 0.6 is 23.2 Å². The van der Waals surface area contributed by atoms with Crippen LogP contribution in [-0.2, 0) is 0 Å². The van der Waals surface area contributed by atoms with Crippen LogP contribution in [0.2, 0.25) is 10.0 Å². The van der Waals surface area contributed by atoms with Gasteiger partial charge in [-0.25, -0.2) is 4.68 Å². The molecule has 0 bridgehead atoms. The standard InChI is InChI=1S/C21H18Cl2N4O2/c1-11-4-6-13-18-20(29-19(13)17(11)26-8-2-3-9-26)16(21(24)28)25-27(18)15-7-5-12(22)10-14(15)23/h4-7,10H,2-3,8-9H2,1H3,(H2,24,28). The Labute approximate surface area is 176 Å². The summed E-state index contributed by atoms with van der Waals surface area (Å²) in [6, 6.07) is 9.18. The van der Waals surface area contributed by atoms with Gasteiger partial charge in [0.25, 0.3) is 5.91 Å². The topological polar surface area (TPSA) is 77.3 Å². The molecule has 0 atom stereocenters. The molecule has 29 heavy (non-hydrogen) atoms. The van der Waals surface area contributed by atoms with E-state index in [1.807, 2.05) is 6.07 Å². The van der Waals surface area contributed by atoms with Crippen molar-refractivity contribution in [2.75, 3.05) is 18.0 Å². The molecule has 4 aromatic rings. The molecule has 1 amide bonds. The first kappa shape index (κ1) is 18.3. The second-order valence-electron chi connectivity index (χ2n) is 7.30. The number of amides is 1. The van der Waals surface area contributed by atoms with Crippen molar-refractivity contribution in [1.82, 2.24) is 9.78 Å². The normalized spacial score (nSPS) is 14.4. The van der Waals surface area contributed by atoms with Crippen LogP contribution in [0.1, 0.15) is 28.9 Å². The van der Waals surface area contributed by atoms with Gasteiger partial charge >= 0.3 is 0 Å². The number of nitrogens with zero attached hydrogens (tertiary/aromatic N) is 3. The third kappa shape index (κ3) is 2.78. The molecule has 8 heteroatoms. The monoisotopic (exact) mass is 428 g/mol. The van der Waals surface area contributed by atoms with Crippen molar-refractivity contribution in [3.8, 4) is 5.69 Å². The van der Waals surface area contributed by atoms with Crippen LogP contribution in [-0.4, -0.2) is 28.8 Å². The molecule has 1 aliphatic heterocycles. The van der Waals surface area contributed by atoms with E-state index in [0.29, 0.717) is 26.8 Å². The van der Waals surface area contributed by atoms with Crippen LogP contribution in [0.25, 0.3) is 27.8 Å². The largest absolute Gasteiger partial charge is 0.450 e. The van der Waals surface area contributed by atoms with Crippen molar-refractivity contribution in [3.63, 3.8) is 0 Å². The molecule has 0 radical (unpaired) electrons. The number of hydrogen-bond donors (Lipinski definition) is 1. The molecular weight excluding hydrogens is 411 g/mol. The first-order chi connectivity index (χ1) is 14.0. The van der Waals surface area contributed by atoms with E-state index in [2.05, 4.69) is 23.0 Å². The van der Waals surface area contributed by atoms with Crippen LogP contribution in [0, 0.1) is 6.92 Å². The number of carbonyl (C=O) groups is 1. The summed E-state index contributed by atoms with van der Waals surface area (Å²) in [4.78, 5) is 14.4. The summed E-state index contributed by atoms with van der Waals surface area (Å²) in [7, 11) is 0. The minimum Gasteiger partial charge on any atom is -0.450 e. The SMILES string of the molecule is Cc1ccc2c(oc3c(C(N)=O)nn(-c4ccc(Cl)cc4Cl)c32)c1N1CCCC1. The van der Waals surface area contributed by atoms with E-state index in [4.69, 9.17) is 33.4 Å². The zero-order valence-corrected chi connectivity index (χ0v) is 17.2. The van der Waals surface area contributed by atoms with Crippen molar-refractivity contribution >= 4 is 56.9 Å². The molecule has 2 aromatic carbocycles. The highest BCUT2D eigenvalue weighted by atomic mass is 35.5. The van der Waals surface area contributed by atoms with Gasteiger partial charge in [-0.05, 0) is 49.6 Å². The lowest BCUT2D eigenvalue weighted by Gasteiger charge is -2.20.